The second-order valence-electron chi connectivity index (χ2n) is 15.6. The van der Waals surface area contributed by atoms with Crippen molar-refractivity contribution in [2.75, 3.05) is 0 Å². The van der Waals surface area contributed by atoms with Crippen molar-refractivity contribution in [1.82, 2.24) is 0 Å². The first-order valence-corrected chi connectivity index (χ1v) is 15.0. The quantitative estimate of drug-likeness (QED) is 0.403. The van der Waals surface area contributed by atoms with Gasteiger partial charge in [0.25, 0.3) is 0 Å². The molecule has 0 aromatic rings. The number of ether oxygens (including phenoxy) is 1. The van der Waals surface area contributed by atoms with E-state index in [-0.39, 0.29) is 39.7 Å². The van der Waals surface area contributed by atoms with Crippen LogP contribution in [0.15, 0.2) is 0 Å². The highest BCUT2D eigenvalue weighted by Gasteiger charge is 2.70. The zero-order valence-electron chi connectivity index (χ0n) is 24.3. The monoisotopic (exact) mass is 500 g/mol. The van der Waals surface area contributed by atoms with E-state index in [4.69, 9.17) is 4.74 Å². The molecule has 0 aromatic heterocycles. The first-order valence-electron chi connectivity index (χ1n) is 15.0. The molecule has 0 bridgehead atoms. The van der Waals surface area contributed by atoms with Crippen molar-refractivity contribution in [3.8, 4) is 0 Å². The molecule has 0 spiro atoms. The maximum absolute atomic E-state index is 12.1. The molecule has 5 aliphatic carbocycles. The summed E-state index contributed by atoms with van der Waals surface area (Å²) in [4.78, 5) is 24.0. The molecule has 11 atom stereocenters. The number of carbonyl (C=O) groups excluding carboxylic acids is 1. The van der Waals surface area contributed by atoms with Crippen LogP contribution in [0.1, 0.15) is 120 Å². The highest BCUT2D eigenvalue weighted by atomic mass is 16.5. The molecule has 1 N–H and O–H groups in total. The number of rotatable bonds is 3. The maximum atomic E-state index is 12.1. The summed E-state index contributed by atoms with van der Waals surface area (Å²) in [5, 5.41) is 9.97. The molecule has 0 heterocycles. The summed E-state index contributed by atoms with van der Waals surface area (Å²) in [6.45, 7) is 18.6. The van der Waals surface area contributed by atoms with E-state index in [1.807, 2.05) is 6.92 Å². The molecular weight excluding hydrogens is 448 g/mol. The number of esters is 1. The molecule has 0 aromatic carbocycles. The standard InChI is InChI=1S/C32H52O4/c1-19(27(34)35)21-11-14-29(5)17-18-31(7)22(26(21)29)9-10-24-30(6)15-13-25(36-20(2)33)28(3,4)23(30)12-16-32(24,31)8/h19,21-26H,9-18H2,1-8H3,(H,34,35)/t19?,21-,22+,23-,24+,25-,26+,29+,30-,31+,32+/m0/s1. The molecule has 0 amide bonds. The third kappa shape index (κ3) is 3.36. The van der Waals surface area contributed by atoms with Gasteiger partial charge >= 0.3 is 11.9 Å². The molecule has 4 heteroatoms. The largest absolute Gasteiger partial charge is 0.481 e. The number of aliphatic carboxylic acids is 1. The number of hydrogen-bond donors (Lipinski definition) is 1. The summed E-state index contributed by atoms with van der Waals surface area (Å²) in [5.74, 6) is 1.77. The van der Waals surface area contributed by atoms with E-state index in [0.717, 1.165) is 19.3 Å². The first-order chi connectivity index (χ1) is 16.6. The molecule has 5 aliphatic rings. The predicted molar refractivity (Wildman–Crippen MR) is 142 cm³/mol. The second kappa shape index (κ2) is 8.22. The molecule has 5 rings (SSSR count). The zero-order valence-corrected chi connectivity index (χ0v) is 24.3. The first kappa shape index (κ1) is 26.5. The van der Waals surface area contributed by atoms with Crippen molar-refractivity contribution in [3.63, 3.8) is 0 Å². The average Bonchev–Trinajstić information content (AvgIpc) is 3.13. The number of hydrogen-bond acceptors (Lipinski definition) is 3. The Kier molecular flexibility index (Phi) is 6.06. The third-order valence-corrected chi connectivity index (χ3v) is 14.2. The van der Waals surface area contributed by atoms with E-state index < -0.39 is 5.97 Å². The van der Waals surface area contributed by atoms with Gasteiger partial charge in [-0.2, -0.15) is 0 Å². The third-order valence-electron chi connectivity index (χ3n) is 14.2. The van der Waals surface area contributed by atoms with Crippen molar-refractivity contribution in [3.05, 3.63) is 0 Å². The van der Waals surface area contributed by atoms with Gasteiger partial charge in [-0.05, 0) is 115 Å². The normalized spacial score (nSPS) is 52.2. The Labute approximate surface area is 219 Å². The van der Waals surface area contributed by atoms with Gasteiger partial charge in [-0.15, -0.1) is 0 Å². The van der Waals surface area contributed by atoms with E-state index in [9.17, 15) is 14.7 Å². The smallest absolute Gasteiger partial charge is 0.306 e. The van der Waals surface area contributed by atoms with Crippen LogP contribution in [0.25, 0.3) is 0 Å². The minimum Gasteiger partial charge on any atom is -0.481 e. The van der Waals surface area contributed by atoms with Gasteiger partial charge in [0.15, 0.2) is 0 Å². The summed E-state index contributed by atoms with van der Waals surface area (Å²) in [7, 11) is 0. The summed E-state index contributed by atoms with van der Waals surface area (Å²) < 4.78 is 5.89. The van der Waals surface area contributed by atoms with E-state index >= 15 is 0 Å². The lowest BCUT2D eigenvalue weighted by molar-refractivity contribution is -0.250. The average molecular weight is 501 g/mol. The lowest BCUT2D eigenvalue weighted by atomic mass is 9.32. The van der Waals surface area contributed by atoms with Gasteiger partial charge < -0.3 is 9.84 Å². The number of fused-ring (bicyclic) bond motifs is 7. The molecule has 0 radical (unpaired) electrons. The predicted octanol–water partition coefficient (Wildman–Crippen LogP) is 7.74. The molecule has 4 nitrogen and oxygen atoms in total. The van der Waals surface area contributed by atoms with E-state index in [1.165, 1.54) is 44.9 Å². The molecule has 36 heavy (non-hydrogen) atoms. The number of carboxylic acids is 1. The Bertz CT molecular complexity index is 925. The lowest BCUT2D eigenvalue weighted by Crippen LogP contribution is -2.66. The number of carboxylic acid groups (broad SMARTS) is 1. The van der Waals surface area contributed by atoms with Gasteiger partial charge in [0.1, 0.15) is 6.10 Å². The van der Waals surface area contributed by atoms with E-state index in [0.29, 0.717) is 35.0 Å². The van der Waals surface area contributed by atoms with E-state index in [1.54, 1.807) is 6.92 Å². The second-order valence-corrected chi connectivity index (χ2v) is 15.6. The van der Waals surface area contributed by atoms with Crippen LogP contribution in [0.2, 0.25) is 0 Å². The van der Waals surface area contributed by atoms with Crippen LogP contribution in [0.4, 0.5) is 0 Å². The van der Waals surface area contributed by atoms with Crippen LogP contribution in [0, 0.1) is 62.6 Å². The lowest BCUT2D eigenvalue weighted by Gasteiger charge is -2.73. The van der Waals surface area contributed by atoms with Crippen LogP contribution < -0.4 is 0 Å². The highest BCUT2D eigenvalue weighted by Crippen LogP contribution is 2.77. The SMILES string of the molecule is CC(=O)O[C@H]1CC[C@]2(C)[C@H]3CC[C@@H]4[C@H]5[C@H](C(C)C(=O)O)CC[C@]5(C)CC[C@@]4(C)[C@]3(C)CC[C@H]2C1(C)C. The molecule has 0 aliphatic heterocycles. The Morgan fingerprint density at radius 2 is 1.50 bits per heavy atom. The van der Waals surface area contributed by atoms with Crippen LogP contribution >= 0.6 is 0 Å². The van der Waals surface area contributed by atoms with Gasteiger partial charge in [0.05, 0.1) is 5.92 Å². The Morgan fingerprint density at radius 3 is 2.14 bits per heavy atom. The Hall–Kier alpha value is -1.06. The van der Waals surface area contributed by atoms with Crippen LogP contribution in [0.5, 0.6) is 0 Å². The van der Waals surface area contributed by atoms with Gasteiger partial charge in [0, 0.05) is 12.3 Å². The minimum atomic E-state index is -0.601. The fourth-order valence-electron chi connectivity index (χ4n) is 12.1. The van der Waals surface area contributed by atoms with Crippen molar-refractivity contribution < 1.29 is 19.4 Å². The van der Waals surface area contributed by atoms with Crippen LogP contribution in [-0.2, 0) is 14.3 Å². The van der Waals surface area contributed by atoms with Crippen molar-refractivity contribution >= 4 is 11.9 Å². The van der Waals surface area contributed by atoms with Gasteiger partial charge in [-0.25, -0.2) is 0 Å². The van der Waals surface area contributed by atoms with E-state index in [2.05, 4.69) is 41.5 Å². The van der Waals surface area contributed by atoms with Gasteiger partial charge in [-0.1, -0.05) is 48.5 Å². The summed E-state index contributed by atoms with van der Waals surface area (Å²) >= 11 is 0. The maximum Gasteiger partial charge on any atom is 0.306 e. The number of carbonyl (C=O) groups is 2. The molecular formula is C32H52O4. The van der Waals surface area contributed by atoms with Crippen molar-refractivity contribution in [2.24, 2.45) is 62.6 Å². The van der Waals surface area contributed by atoms with Gasteiger partial charge in [0.2, 0.25) is 0 Å². The van der Waals surface area contributed by atoms with Crippen molar-refractivity contribution in [2.45, 2.75) is 126 Å². The fraction of sp³-hybridized carbons (Fsp3) is 0.938. The Morgan fingerprint density at radius 1 is 0.806 bits per heavy atom. The molecule has 5 fully saturated rings. The van der Waals surface area contributed by atoms with Gasteiger partial charge in [-0.3, -0.25) is 9.59 Å². The summed E-state index contributed by atoms with van der Waals surface area (Å²) in [5.41, 5.74) is 1.13. The minimum absolute atomic E-state index is 0.00361. The Balaban J connectivity index is 1.49. The van der Waals surface area contributed by atoms with Crippen LogP contribution in [-0.4, -0.2) is 23.1 Å². The van der Waals surface area contributed by atoms with Crippen molar-refractivity contribution in [1.29, 1.82) is 0 Å². The zero-order chi connectivity index (χ0) is 26.5. The molecule has 1 unspecified atom stereocenters. The van der Waals surface area contributed by atoms with Crippen LogP contribution in [0.3, 0.4) is 0 Å². The molecule has 0 saturated heterocycles. The summed E-state index contributed by atoms with van der Waals surface area (Å²) in [6.07, 6.45) is 12.0. The molecule has 204 valence electrons. The summed E-state index contributed by atoms with van der Waals surface area (Å²) in [6, 6.07) is 0. The fourth-order valence-corrected chi connectivity index (χ4v) is 12.1. The topological polar surface area (TPSA) is 63.6 Å². The highest BCUT2D eigenvalue weighted by molar-refractivity contribution is 5.70. The molecule has 5 saturated carbocycles.